The second-order valence-corrected chi connectivity index (χ2v) is 8.38. The van der Waals surface area contributed by atoms with E-state index < -0.39 is 15.6 Å². The molecule has 4 rings (SSSR count). The number of rotatable bonds is 5. The topological polar surface area (TPSA) is 84.9 Å². The van der Waals surface area contributed by atoms with E-state index in [-0.39, 0.29) is 18.2 Å². The van der Waals surface area contributed by atoms with Crippen LogP contribution in [0.1, 0.15) is 12.5 Å². The highest BCUT2D eigenvalue weighted by atomic mass is 32.2. The van der Waals surface area contributed by atoms with E-state index >= 15 is 0 Å². The van der Waals surface area contributed by atoms with Gasteiger partial charge in [-0.2, -0.15) is 0 Å². The third-order valence-corrected chi connectivity index (χ3v) is 6.10. The Morgan fingerprint density at radius 3 is 2.63 bits per heavy atom. The molecule has 1 atom stereocenters. The summed E-state index contributed by atoms with van der Waals surface area (Å²) >= 11 is 0. The highest BCUT2D eigenvalue weighted by Gasteiger charge is 2.28. The molecule has 0 radical (unpaired) electrons. The fourth-order valence-electron chi connectivity index (χ4n) is 3.08. The van der Waals surface area contributed by atoms with Crippen LogP contribution in [0.15, 0.2) is 65.6 Å². The lowest BCUT2D eigenvalue weighted by molar-refractivity contribution is 0.0625. The molecule has 7 heteroatoms. The van der Waals surface area contributed by atoms with Gasteiger partial charge >= 0.3 is 0 Å². The summed E-state index contributed by atoms with van der Waals surface area (Å²) in [5.41, 5.74) is -0.883. The fourth-order valence-corrected chi connectivity index (χ4v) is 4.44. The van der Waals surface area contributed by atoms with Crippen molar-refractivity contribution in [3.05, 3.63) is 66.2 Å². The van der Waals surface area contributed by atoms with Gasteiger partial charge < -0.3 is 14.6 Å². The SMILES string of the molecule is CC(O)(CNS(=O)(=O)c1cccc2ccccc12)c1ccc2c(c1)OCO2. The summed E-state index contributed by atoms with van der Waals surface area (Å²) in [5.74, 6) is 1.13. The lowest BCUT2D eigenvalue weighted by Gasteiger charge is -2.24. The van der Waals surface area contributed by atoms with Gasteiger partial charge in [0, 0.05) is 11.9 Å². The Hall–Kier alpha value is -2.61. The van der Waals surface area contributed by atoms with Crippen LogP contribution < -0.4 is 14.2 Å². The summed E-state index contributed by atoms with van der Waals surface area (Å²) in [6.07, 6.45) is 0. The first kappa shape index (κ1) is 17.8. The summed E-state index contributed by atoms with van der Waals surface area (Å²) in [4.78, 5) is 0.182. The normalized spacial score (nSPS) is 15.6. The van der Waals surface area contributed by atoms with Crippen molar-refractivity contribution in [3.8, 4) is 11.5 Å². The number of hydrogen-bond donors (Lipinski definition) is 2. The predicted octanol–water partition coefficient (Wildman–Crippen LogP) is 2.75. The van der Waals surface area contributed by atoms with Gasteiger partial charge in [0.25, 0.3) is 0 Å². The third kappa shape index (κ3) is 3.37. The van der Waals surface area contributed by atoms with Crippen LogP contribution in [0.25, 0.3) is 10.8 Å². The second-order valence-electron chi connectivity index (χ2n) is 6.64. The number of sulfonamides is 1. The van der Waals surface area contributed by atoms with Crippen molar-refractivity contribution in [2.75, 3.05) is 13.3 Å². The maximum absolute atomic E-state index is 12.8. The lowest BCUT2D eigenvalue weighted by Crippen LogP contribution is -2.38. The van der Waals surface area contributed by atoms with Gasteiger partial charge in [-0.05, 0) is 36.1 Å². The quantitative estimate of drug-likeness (QED) is 0.705. The zero-order valence-electron chi connectivity index (χ0n) is 14.7. The van der Waals surface area contributed by atoms with Crippen LogP contribution in [0.2, 0.25) is 0 Å². The Morgan fingerprint density at radius 2 is 1.78 bits per heavy atom. The monoisotopic (exact) mass is 385 g/mol. The largest absolute Gasteiger partial charge is 0.454 e. The Kier molecular flexibility index (Phi) is 4.30. The highest BCUT2D eigenvalue weighted by molar-refractivity contribution is 7.89. The molecule has 1 aliphatic heterocycles. The van der Waals surface area contributed by atoms with E-state index in [1.165, 1.54) is 0 Å². The Labute approximate surface area is 157 Å². The van der Waals surface area contributed by atoms with Gasteiger partial charge in [-0.1, -0.05) is 42.5 Å². The summed E-state index contributed by atoms with van der Waals surface area (Å²) < 4.78 is 38.8. The van der Waals surface area contributed by atoms with Crippen molar-refractivity contribution in [1.82, 2.24) is 4.72 Å². The number of hydrogen-bond acceptors (Lipinski definition) is 5. The molecule has 0 aromatic heterocycles. The number of ether oxygens (including phenoxy) is 2. The van der Waals surface area contributed by atoms with E-state index in [4.69, 9.17) is 9.47 Å². The first-order valence-electron chi connectivity index (χ1n) is 8.47. The molecule has 1 heterocycles. The van der Waals surface area contributed by atoms with Crippen LogP contribution in [0.5, 0.6) is 11.5 Å². The first-order chi connectivity index (χ1) is 12.9. The molecule has 0 spiro atoms. The van der Waals surface area contributed by atoms with Crippen LogP contribution >= 0.6 is 0 Å². The molecular formula is C20H19NO5S. The third-order valence-electron chi connectivity index (χ3n) is 4.64. The van der Waals surface area contributed by atoms with Crippen molar-refractivity contribution in [1.29, 1.82) is 0 Å². The van der Waals surface area contributed by atoms with Crippen molar-refractivity contribution in [3.63, 3.8) is 0 Å². The van der Waals surface area contributed by atoms with Gasteiger partial charge in [0.2, 0.25) is 16.8 Å². The molecule has 27 heavy (non-hydrogen) atoms. The molecule has 140 valence electrons. The van der Waals surface area contributed by atoms with Gasteiger partial charge in [0.05, 0.1) is 4.90 Å². The maximum atomic E-state index is 12.8. The number of nitrogens with one attached hydrogen (secondary N) is 1. The van der Waals surface area contributed by atoms with Crippen molar-refractivity contribution < 1.29 is 23.0 Å². The van der Waals surface area contributed by atoms with Crippen LogP contribution in [-0.2, 0) is 15.6 Å². The minimum atomic E-state index is -3.81. The van der Waals surface area contributed by atoms with E-state index in [0.717, 1.165) is 5.39 Å². The van der Waals surface area contributed by atoms with E-state index in [1.54, 1.807) is 49.4 Å². The molecule has 3 aromatic carbocycles. The molecule has 3 aromatic rings. The summed E-state index contributed by atoms with van der Waals surface area (Å²) in [5, 5.41) is 12.3. The van der Waals surface area contributed by atoms with Crippen LogP contribution in [0.4, 0.5) is 0 Å². The molecule has 1 unspecified atom stereocenters. The smallest absolute Gasteiger partial charge is 0.241 e. The van der Waals surface area contributed by atoms with Crippen molar-refractivity contribution in [2.45, 2.75) is 17.4 Å². The van der Waals surface area contributed by atoms with E-state index in [9.17, 15) is 13.5 Å². The summed E-state index contributed by atoms with van der Waals surface area (Å²) in [6.45, 7) is 1.50. The second kappa shape index (κ2) is 6.53. The molecule has 6 nitrogen and oxygen atoms in total. The molecule has 0 saturated carbocycles. The molecule has 0 aliphatic carbocycles. The van der Waals surface area contributed by atoms with Gasteiger partial charge in [-0.15, -0.1) is 0 Å². The minimum absolute atomic E-state index is 0.134. The van der Waals surface area contributed by atoms with Crippen molar-refractivity contribution >= 4 is 20.8 Å². The minimum Gasteiger partial charge on any atom is -0.454 e. The number of aliphatic hydroxyl groups is 1. The summed E-state index contributed by atoms with van der Waals surface area (Å²) in [6, 6.07) is 17.4. The van der Waals surface area contributed by atoms with Crippen LogP contribution in [0.3, 0.4) is 0 Å². The van der Waals surface area contributed by atoms with Gasteiger partial charge in [0.1, 0.15) is 5.60 Å². The Morgan fingerprint density at radius 1 is 1.04 bits per heavy atom. The average molecular weight is 385 g/mol. The molecule has 0 bridgehead atoms. The standard InChI is InChI=1S/C20H19NO5S/c1-20(22,15-9-10-17-18(11-15)26-13-25-17)12-21-27(23,24)19-8-4-6-14-5-2-3-7-16(14)19/h2-11,21-22H,12-13H2,1H3. The zero-order chi connectivity index (χ0) is 19.1. The maximum Gasteiger partial charge on any atom is 0.241 e. The predicted molar refractivity (Wildman–Crippen MR) is 101 cm³/mol. The molecule has 0 amide bonds. The average Bonchev–Trinajstić information content (AvgIpc) is 3.14. The van der Waals surface area contributed by atoms with E-state index in [2.05, 4.69) is 4.72 Å². The van der Waals surface area contributed by atoms with Crippen LogP contribution in [0, 0.1) is 0 Å². The highest BCUT2D eigenvalue weighted by Crippen LogP contribution is 2.35. The fraction of sp³-hybridized carbons (Fsp3) is 0.200. The molecule has 0 fully saturated rings. The Bertz CT molecular complexity index is 1100. The molecule has 2 N–H and O–H groups in total. The summed E-state index contributed by atoms with van der Waals surface area (Å²) in [7, 11) is -3.81. The Balaban J connectivity index is 1.59. The number of fused-ring (bicyclic) bond motifs is 2. The lowest BCUT2D eigenvalue weighted by atomic mass is 9.96. The number of benzene rings is 3. The van der Waals surface area contributed by atoms with Crippen LogP contribution in [-0.4, -0.2) is 26.9 Å². The van der Waals surface area contributed by atoms with E-state index in [1.807, 2.05) is 18.2 Å². The van der Waals surface area contributed by atoms with Gasteiger partial charge in [-0.3, -0.25) is 0 Å². The van der Waals surface area contributed by atoms with Gasteiger partial charge in [0.15, 0.2) is 11.5 Å². The van der Waals surface area contributed by atoms with Crippen molar-refractivity contribution in [2.24, 2.45) is 0 Å². The first-order valence-corrected chi connectivity index (χ1v) is 9.95. The zero-order valence-corrected chi connectivity index (χ0v) is 15.5. The van der Waals surface area contributed by atoms with Gasteiger partial charge in [-0.25, -0.2) is 13.1 Å². The van der Waals surface area contributed by atoms with E-state index in [0.29, 0.717) is 22.4 Å². The molecule has 1 aliphatic rings. The molecular weight excluding hydrogens is 366 g/mol. The molecule has 0 saturated heterocycles.